The zero-order valence-electron chi connectivity index (χ0n) is 8.59. The Balaban J connectivity index is 2.61. The number of nitrogens with zero attached hydrogens (tertiary/aromatic N) is 1. The molecule has 0 aromatic heterocycles. The summed E-state index contributed by atoms with van der Waals surface area (Å²) in [5, 5.41) is 12.4. The fourth-order valence-corrected chi connectivity index (χ4v) is 1.35. The highest BCUT2D eigenvalue weighted by Gasteiger charge is 2.06. The van der Waals surface area contributed by atoms with Crippen molar-refractivity contribution in [1.29, 1.82) is 5.26 Å². The summed E-state index contributed by atoms with van der Waals surface area (Å²) in [7, 11) is 0. The lowest BCUT2D eigenvalue weighted by Crippen LogP contribution is -2.20. The largest absolute Gasteiger partial charge is 0.491 e. The number of nitriles is 1. The van der Waals surface area contributed by atoms with Crippen molar-refractivity contribution in [3.05, 3.63) is 28.8 Å². The van der Waals surface area contributed by atoms with Gasteiger partial charge in [-0.3, -0.25) is 0 Å². The highest BCUT2D eigenvalue weighted by molar-refractivity contribution is 6.31. The Morgan fingerprint density at radius 1 is 1.53 bits per heavy atom. The SMILES string of the molecule is CCNCCOc1cccc(Cl)c1C#N. The van der Waals surface area contributed by atoms with Crippen LogP contribution in [0.1, 0.15) is 12.5 Å². The number of ether oxygens (including phenoxy) is 1. The van der Waals surface area contributed by atoms with Crippen molar-refractivity contribution in [2.75, 3.05) is 19.7 Å². The number of hydrogen-bond donors (Lipinski definition) is 1. The van der Waals surface area contributed by atoms with Gasteiger partial charge in [0.15, 0.2) is 0 Å². The van der Waals surface area contributed by atoms with Gasteiger partial charge in [0.2, 0.25) is 0 Å². The van der Waals surface area contributed by atoms with Crippen LogP contribution < -0.4 is 10.1 Å². The van der Waals surface area contributed by atoms with Crippen LogP contribution in [0.3, 0.4) is 0 Å². The van der Waals surface area contributed by atoms with Gasteiger partial charge in [0.05, 0.1) is 5.02 Å². The van der Waals surface area contributed by atoms with Gasteiger partial charge in [-0.2, -0.15) is 5.26 Å². The van der Waals surface area contributed by atoms with Crippen LogP contribution in [-0.4, -0.2) is 19.7 Å². The summed E-state index contributed by atoms with van der Waals surface area (Å²) >= 11 is 5.85. The van der Waals surface area contributed by atoms with E-state index in [-0.39, 0.29) is 0 Å². The number of nitrogens with one attached hydrogen (secondary N) is 1. The lowest BCUT2D eigenvalue weighted by Gasteiger charge is -2.08. The lowest BCUT2D eigenvalue weighted by molar-refractivity contribution is 0.314. The molecule has 4 heteroatoms. The Morgan fingerprint density at radius 2 is 2.33 bits per heavy atom. The number of halogens is 1. The Kier molecular flexibility index (Phi) is 4.96. The van der Waals surface area contributed by atoms with E-state index in [1.807, 2.05) is 13.0 Å². The molecule has 0 aliphatic carbocycles. The second-order valence-electron chi connectivity index (χ2n) is 2.93. The molecule has 1 aromatic carbocycles. The minimum Gasteiger partial charge on any atom is -0.491 e. The summed E-state index contributed by atoms with van der Waals surface area (Å²) < 4.78 is 5.44. The summed E-state index contributed by atoms with van der Waals surface area (Å²) in [4.78, 5) is 0. The van der Waals surface area contributed by atoms with E-state index >= 15 is 0 Å². The molecule has 1 N–H and O–H groups in total. The van der Waals surface area contributed by atoms with E-state index in [1.165, 1.54) is 0 Å². The van der Waals surface area contributed by atoms with E-state index in [9.17, 15) is 0 Å². The summed E-state index contributed by atoms with van der Waals surface area (Å²) in [6, 6.07) is 7.22. The van der Waals surface area contributed by atoms with Gasteiger partial charge in [0, 0.05) is 6.54 Å². The molecule has 0 heterocycles. The van der Waals surface area contributed by atoms with E-state index in [4.69, 9.17) is 21.6 Å². The summed E-state index contributed by atoms with van der Waals surface area (Å²) in [5.74, 6) is 0.544. The van der Waals surface area contributed by atoms with Crippen molar-refractivity contribution in [1.82, 2.24) is 5.32 Å². The average Bonchev–Trinajstić information content (AvgIpc) is 2.24. The van der Waals surface area contributed by atoms with Gasteiger partial charge in [0.25, 0.3) is 0 Å². The molecule has 1 aromatic rings. The Hall–Kier alpha value is -1.24. The van der Waals surface area contributed by atoms with Gasteiger partial charge < -0.3 is 10.1 Å². The minimum absolute atomic E-state index is 0.399. The molecule has 0 aliphatic heterocycles. The van der Waals surface area contributed by atoms with Gasteiger partial charge in [-0.1, -0.05) is 24.6 Å². The molecule has 0 unspecified atom stereocenters. The van der Waals surface area contributed by atoms with Gasteiger partial charge >= 0.3 is 0 Å². The van der Waals surface area contributed by atoms with E-state index < -0.39 is 0 Å². The summed E-state index contributed by atoms with van der Waals surface area (Å²) in [6.45, 7) is 4.22. The van der Waals surface area contributed by atoms with E-state index in [1.54, 1.807) is 18.2 Å². The normalized spacial score (nSPS) is 9.67. The predicted molar refractivity (Wildman–Crippen MR) is 60.2 cm³/mol. The molecule has 1 rings (SSSR count). The first-order valence-electron chi connectivity index (χ1n) is 4.81. The molecule has 0 aliphatic rings. The first-order valence-corrected chi connectivity index (χ1v) is 5.19. The van der Waals surface area contributed by atoms with Gasteiger partial charge in [0.1, 0.15) is 24.0 Å². The molecule has 0 atom stereocenters. The van der Waals surface area contributed by atoms with Crippen LogP contribution in [-0.2, 0) is 0 Å². The van der Waals surface area contributed by atoms with Gasteiger partial charge in [-0.15, -0.1) is 0 Å². The topological polar surface area (TPSA) is 45.0 Å². The molecule has 0 saturated heterocycles. The zero-order valence-corrected chi connectivity index (χ0v) is 9.34. The smallest absolute Gasteiger partial charge is 0.138 e. The molecule has 80 valence electrons. The molecular weight excluding hydrogens is 212 g/mol. The molecule has 0 bridgehead atoms. The van der Waals surface area contributed by atoms with Crippen molar-refractivity contribution in [2.45, 2.75) is 6.92 Å². The van der Waals surface area contributed by atoms with Gasteiger partial charge in [-0.25, -0.2) is 0 Å². The maximum absolute atomic E-state index is 8.87. The second kappa shape index (κ2) is 6.28. The average molecular weight is 225 g/mol. The van der Waals surface area contributed by atoms with Crippen LogP contribution in [0.2, 0.25) is 5.02 Å². The lowest BCUT2D eigenvalue weighted by atomic mass is 10.2. The molecule has 0 fully saturated rings. The molecular formula is C11H13ClN2O. The van der Waals surface area contributed by atoms with Crippen molar-refractivity contribution < 1.29 is 4.74 Å². The first-order chi connectivity index (χ1) is 7.29. The van der Waals surface area contributed by atoms with Gasteiger partial charge in [-0.05, 0) is 18.7 Å². The zero-order chi connectivity index (χ0) is 11.1. The van der Waals surface area contributed by atoms with Crippen molar-refractivity contribution in [3.8, 4) is 11.8 Å². The first kappa shape index (κ1) is 11.8. The fraction of sp³-hybridized carbons (Fsp3) is 0.364. The third kappa shape index (κ3) is 3.43. The van der Waals surface area contributed by atoms with E-state index in [2.05, 4.69) is 5.32 Å². The fourth-order valence-electron chi connectivity index (χ4n) is 1.14. The number of rotatable bonds is 5. The molecule has 3 nitrogen and oxygen atoms in total. The molecule has 0 spiro atoms. The van der Waals surface area contributed by atoms with Crippen LogP contribution in [0.4, 0.5) is 0 Å². The Morgan fingerprint density at radius 3 is 3.00 bits per heavy atom. The third-order valence-electron chi connectivity index (χ3n) is 1.87. The van der Waals surface area contributed by atoms with Crippen LogP contribution in [0.25, 0.3) is 0 Å². The third-order valence-corrected chi connectivity index (χ3v) is 2.19. The highest BCUT2D eigenvalue weighted by atomic mass is 35.5. The standard InChI is InChI=1S/C11H13ClN2O/c1-2-14-6-7-15-11-5-3-4-10(12)9(11)8-13/h3-5,14H,2,6-7H2,1H3. The van der Waals surface area contributed by atoms with Crippen LogP contribution >= 0.6 is 11.6 Å². The van der Waals surface area contributed by atoms with Crippen LogP contribution in [0.15, 0.2) is 18.2 Å². The van der Waals surface area contributed by atoms with Crippen molar-refractivity contribution in [2.24, 2.45) is 0 Å². The summed E-state index contributed by atoms with van der Waals surface area (Å²) in [6.07, 6.45) is 0. The molecule has 0 radical (unpaired) electrons. The predicted octanol–water partition coefficient (Wildman–Crippen LogP) is 2.20. The number of hydrogen-bond acceptors (Lipinski definition) is 3. The second-order valence-corrected chi connectivity index (χ2v) is 3.33. The maximum atomic E-state index is 8.87. The maximum Gasteiger partial charge on any atom is 0.138 e. The highest BCUT2D eigenvalue weighted by Crippen LogP contribution is 2.24. The molecule has 0 amide bonds. The number of likely N-dealkylation sites (N-methyl/N-ethyl adjacent to an activating group) is 1. The van der Waals surface area contributed by atoms with E-state index in [0.717, 1.165) is 13.1 Å². The number of benzene rings is 1. The van der Waals surface area contributed by atoms with Crippen LogP contribution in [0, 0.1) is 11.3 Å². The van der Waals surface area contributed by atoms with Crippen molar-refractivity contribution in [3.63, 3.8) is 0 Å². The Labute approximate surface area is 94.6 Å². The molecule has 15 heavy (non-hydrogen) atoms. The Bertz CT molecular complexity index is 360. The monoisotopic (exact) mass is 224 g/mol. The molecule has 0 saturated carbocycles. The van der Waals surface area contributed by atoms with Crippen molar-refractivity contribution >= 4 is 11.6 Å². The van der Waals surface area contributed by atoms with E-state index in [0.29, 0.717) is 22.9 Å². The quantitative estimate of drug-likeness (QED) is 0.780. The summed E-state index contributed by atoms with van der Waals surface area (Å²) in [5.41, 5.74) is 0.399. The van der Waals surface area contributed by atoms with Crippen LogP contribution in [0.5, 0.6) is 5.75 Å². The minimum atomic E-state index is 0.399.